The van der Waals surface area contributed by atoms with Crippen molar-refractivity contribution in [1.82, 2.24) is 5.48 Å². The molecular weight excluding hydrogens is 313 g/mol. The van der Waals surface area contributed by atoms with Crippen molar-refractivity contribution < 1.29 is 28.7 Å². The Morgan fingerprint density at radius 1 is 1.39 bits per heavy atom. The average Bonchev–Trinajstić information content (AvgIpc) is 2.27. The number of carbonyl (C=O) groups excluding carboxylic acids is 1. The third kappa shape index (κ3) is 5.11. The van der Waals surface area contributed by atoms with Crippen molar-refractivity contribution in [2.45, 2.75) is 0 Å². The van der Waals surface area contributed by atoms with Gasteiger partial charge in [-0.25, -0.2) is 14.7 Å². The Morgan fingerprint density at radius 3 is 2.72 bits per heavy atom. The second-order valence-corrected chi connectivity index (χ2v) is 3.99. The molecule has 2 N–H and O–H groups in total. The Balaban J connectivity index is 2.36. The lowest BCUT2D eigenvalue weighted by Gasteiger charge is -2.07. The standard InChI is InChI=1S/C10H9BrFNO5/c11-6-1-2-8(7(12)3-6)17-4-9(14)13-18-5-10(15)16/h1-3H,4-5H2,(H,13,14)(H,15,16). The van der Waals surface area contributed by atoms with Crippen molar-refractivity contribution in [3.63, 3.8) is 0 Å². The SMILES string of the molecule is O=C(O)CONC(=O)COc1ccc(Br)cc1F. The Labute approximate surface area is 110 Å². The quantitative estimate of drug-likeness (QED) is 0.766. The molecule has 0 aliphatic carbocycles. The van der Waals surface area contributed by atoms with Crippen LogP contribution in [-0.2, 0) is 14.4 Å². The van der Waals surface area contributed by atoms with Gasteiger partial charge in [-0.15, -0.1) is 0 Å². The molecule has 0 radical (unpaired) electrons. The zero-order valence-electron chi connectivity index (χ0n) is 8.98. The number of halogens is 2. The van der Waals surface area contributed by atoms with Gasteiger partial charge in [-0.3, -0.25) is 9.63 Å². The highest BCUT2D eigenvalue weighted by Gasteiger charge is 2.08. The molecule has 8 heteroatoms. The maximum absolute atomic E-state index is 13.3. The second kappa shape index (κ2) is 6.92. The highest BCUT2D eigenvalue weighted by molar-refractivity contribution is 9.10. The van der Waals surface area contributed by atoms with Crippen molar-refractivity contribution in [3.8, 4) is 5.75 Å². The van der Waals surface area contributed by atoms with Crippen LogP contribution in [0.1, 0.15) is 0 Å². The van der Waals surface area contributed by atoms with Crippen LogP contribution in [0.25, 0.3) is 0 Å². The van der Waals surface area contributed by atoms with Gasteiger partial charge in [-0.05, 0) is 18.2 Å². The molecule has 0 aliphatic rings. The second-order valence-electron chi connectivity index (χ2n) is 3.07. The van der Waals surface area contributed by atoms with Gasteiger partial charge in [0, 0.05) is 4.47 Å². The smallest absolute Gasteiger partial charge is 0.332 e. The summed E-state index contributed by atoms with van der Waals surface area (Å²) in [4.78, 5) is 25.5. The van der Waals surface area contributed by atoms with E-state index in [0.29, 0.717) is 4.47 Å². The average molecular weight is 322 g/mol. The summed E-state index contributed by atoms with van der Waals surface area (Å²) in [5.74, 6) is -2.66. The molecule has 0 heterocycles. The van der Waals surface area contributed by atoms with Gasteiger partial charge in [0.25, 0.3) is 5.91 Å². The number of rotatable bonds is 6. The Hall–Kier alpha value is -1.67. The number of ether oxygens (including phenoxy) is 1. The molecule has 0 spiro atoms. The number of amides is 1. The normalized spacial score (nSPS) is 9.89. The molecular formula is C10H9BrFNO5. The Kier molecular flexibility index (Phi) is 5.53. The fraction of sp³-hybridized carbons (Fsp3) is 0.200. The number of benzene rings is 1. The number of carboxylic acid groups (broad SMARTS) is 1. The molecule has 0 bridgehead atoms. The van der Waals surface area contributed by atoms with E-state index in [4.69, 9.17) is 9.84 Å². The third-order valence-electron chi connectivity index (χ3n) is 1.63. The summed E-state index contributed by atoms with van der Waals surface area (Å²) in [5, 5.41) is 8.24. The van der Waals surface area contributed by atoms with Crippen LogP contribution in [0.2, 0.25) is 0 Å². The van der Waals surface area contributed by atoms with E-state index in [9.17, 15) is 14.0 Å². The maximum Gasteiger partial charge on any atom is 0.332 e. The van der Waals surface area contributed by atoms with Crippen molar-refractivity contribution in [2.75, 3.05) is 13.2 Å². The molecule has 1 rings (SSSR count). The molecule has 0 unspecified atom stereocenters. The Morgan fingerprint density at radius 2 is 2.11 bits per heavy atom. The number of aliphatic carboxylic acids is 1. The van der Waals surface area contributed by atoms with Gasteiger partial charge in [-0.1, -0.05) is 15.9 Å². The minimum absolute atomic E-state index is 0.0911. The van der Waals surface area contributed by atoms with Gasteiger partial charge >= 0.3 is 5.97 Å². The number of hydrogen-bond donors (Lipinski definition) is 2. The number of carbonyl (C=O) groups is 2. The lowest BCUT2D eigenvalue weighted by atomic mass is 10.3. The summed E-state index contributed by atoms with van der Waals surface area (Å²) in [6.07, 6.45) is 0. The van der Waals surface area contributed by atoms with E-state index in [1.807, 2.05) is 5.48 Å². The molecule has 18 heavy (non-hydrogen) atoms. The predicted molar refractivity (Wildman–Crippen MR) is 61.3 cm³/mol. The highest BCUT2D eigenvalue weighted by atomic mass is 79.9. The molecule has 1 aromatic rings. The van der Waals surface area contributed by atoms with Crippen LogP contribution < -0.4 is 10.2 Å². The fourth-order valence-electron chi connectivity index (χ4n) is 0.943. The van der Waals surface area contributed by atoms with E-state index < -0.39 is 30.9 Å². The van der Waals surface area contributed by atoms with Crippen molar-refractivity contribution in [3.05, 3.63) is 28.5 Å². The number of hydrogen-bond acceptors (Lipinski definition) is 4. The number of hydroxylamine groups is 1. The fourth-order valence-corrected chi connectivity index (χ4v) is 1.28. The topological polar surface area (TPSA) is 84.9 Å². The summed E-state index contributed by atoms with van der Waals surface area (Å²) in [6, 6.07) is 4.09. The maximum atomic E-state index is 13.3. The van der Waals surface area contributed by atoms with Crippen LogP contribution in [-0.4, -0.2) is 30.2 Å². The van der Waals surface area contributed by atoms with Crippen molar-refractivity contribution >= 4 is 27.8 Å². The zero-order valence-corrected chi connectivity index (χ0v) is 10.6. The molecule has 0 saturated carbocycles. The largest absolute Gasteiger partial charge is 0.481 e. The van der Waals surface area contributed by atoms with Gasteiger partial charge in [0.1, 0.15) is 0 Å². The first-order chi connectivity index (χ1) is 8.49. The lowest BCUT2D eigenvalue weighted by Crippen LogP contribution is -2.31. The molecule has 0 atom stereocenters. The van der Waals surface area contributed by atoms with Crippen LogP contribution in [0.15, 0.2) is 22.7 Å². The van der Waals surface area contributed by atoms with Gasteiger partial charge in [-0.2, -0.15) is 0 Å². The lowest BCUT2D eigenvalue weighted by molar-refractivity contribution is -0.149. The van der Waals surface area contributed by atoms with Crippen molar-refractivity contribution in [2.24, 2.45) is 0 Å². The van der Waals surface area contributed by atoms with E-state index in [1.54, 1.807) is 6.07 Å². The summed E-state index contributed by atoms with van der Waals surface area (Å²) in [7, 11) is 0. The van der Waals surface area contributed by atoms with Gasteiger partial charge in [0.15, 0.2) is 24.8 Å². The minimum atomic E-state index is -1.23. The molecule has 0 saturated heterocycles. The Bertz CT molecular complexity index is 454. The van der Waals surface area contributed by atoms with E-state index in [1.165, 1.54) is 12.1 Å². The molecule has 98 valence electrons. The molecule has 0 aromatic heterocycles. The van der Waals surface area contributed by atoms with Gasteiger partial charge in [0.2, 0.25) is 0 Å². The van der Waals surface area contributed by atoms with Crippen LogP contribution in [0, 0.1) is 5.82 Å². The monoisotopic (exact) mass is 321 g/mol. The van der Waals surface area contributed by atoms with E-state index >= 15 is 0 Å². The summed E-state index contributed by atoms with van der Waals surface area (Å²) in [5.41, 5.74) is 1.84. The van der Waals surface area contributed by atoms with E-state index in [0.717, 1.165) is 0 Å². The molecule has 0 aliphatic heterocycles. The molecule has 1 amide bonds. The third-order valence-corrected chi connectivity index (χ3v) is 2.13. The number of carboxylic acids is 1. The van der Waals surface area contributed by atoms with Crippen LogP contribution in [0.4, 0.5) is 4.39 Å². The van der Waals surface area contributed by atoms with Crippen molar-refractivity contribution in [1.29, 1.82) is 0 Å². The van der Waals surface area contributed by atoms with Crippen LogP contribution in [0.3, 0.4) is 0 Å². The molecule has 1 aromatic carbocycles. The van der Waals surface area contributed by atoms with E-state index in [-0.39, 0.29) is 5.75 Å². The summed E-state index contributed by atoms with van der Waals surface area (Å²) < 4.78 is 18.7. The van der Waals surface area contributed by atoms with E-state index in [2.05, 4.69) is 20.8 Å². The summed E-state index contributed by atoms with van der Waals surface area (Å²) in [6.45, 7) is -1.16. The van der Waals surface area contributed by atoms with Gasteiger partial charge < -0.3 is 9.84 Å². The van der Waals surface area contributed by atoms with Gasteiger partial charge in [0.05, 0.1) is 0 Å². The predicted octanol–water partition coefficient (Wildman–Crippen LogP) is 1.10. The van der Waals surface area contributed by atoms with Crippen LogP contribution >= 0.6 is 15.9 Å². The minimum Gasteiger partial charge on any atom is -0.481 e. The zero-order chi connectivity index (χ0) is 13.5. The molecule has 6 nitrogen and oxygen atoms in total. The van der Waals surface area contributed by atoms with Crippen LogP contribution in [0.5, 0.6) is 5.75 Å². The highest BCUT2D eigenvalue weighted by Crippen LogP contribution is 2.21. The molecule has 0 fully saturated rings. The first-order valence-corrected chi connectivity index (χ1v) is 5.48. The first kappa shape index (κ1) is 14.4. The first-order valence-electron chi connectivity index (χ1n) is 4.69. The number of nitrogens with one attached hydrogen (secondary N) is 1. The summed E-state index contributed by atoms with van der Waals surface area (Å²) >= 11 is 3.07.